The van der Waals surface area contributed by atoms with Crippen LogP contribution in [0, 0.1) is 0 Å². The molecule has 0 saturated heterocycles. The minimum atomic E-state index is 0.0103. The highest BCUT2D eigenvalue weighted by Gasteiger charge is 2.26. The molecule has 0 aliphatic heterocycles. The van der Waals surface area contributed by atoms with Crippen molar-refractivity contribution < 1.29 is 4.74 Å². The summed E-state index contributed by atoms with van der Waals surface area (Å²) >= 11 is 5.37. The molecular weight excluding hydrogens is 322 g/mol. The molecule has 19 heavy (non-hydrogen) atoms. The Bertz CT molecular complexity index is 500. The molecular formula is C15H18BrNOS. The number of benzene rings is 1. The van der Waals surface area contributed by atoms with E-state index in [2.05, 4.69) is 51.7 Å². The van der Waals surface area contributed by atoms with Crippen LogP contribution < -0.4 is 5.32 Å². The Morgan fingerprint density at radius 2 is 2.00 bits per heavy atom. The topological polar surface area (TPSA) is 21.3 Å². The van der Waals surface area contributed by atoms with E-state index >= 15 is 0 Å². The third-order valence-electron chi connectivity index (χ3n) is 3.04. The van der Waals surface area contributed by atoms with E-state index in [1.165, 1.54) is 10.4 Å². The van der Waals surface area contributed by atoms with E-state index in [-0.39, 0.29) is 12.1 Å². The van der Waals surface area contributed by atoms with E-state index in [1.807, 2.05) is 18.2 Å². The van der Waals surface area contributed by atoms with Crippen molar-refractivity contribution in [2.45, 2.75) is 19.1 Å². The van der Waals surface area contributed by atoms with Gasteiger partial charge in [0.2, 0.25) is 0 Å². The van der Waals surface area contributed by atoms with Crippen molar-refractivity contribution in [3.05, 3.63) is 56.7 Å². The standard InChI is InChI=1S/C15H18BrNOS/c1-3-17-13(15-12(16)9-10-19-15)14(18-2)11-7-5-4-6-8-11/h4-10,13-14,17H,3H2,1-2H3. The number of methoxy groups -OCH3 is 1. The van der Waals surface area contributed by atoms with Crippen LogP contribution in [0.15, 0.2) is 46.3 Å². The second-order valence-electron chi connectivity index (χ2n) is 4.24. The molecule has 0 aliphatic carbocycles. The minimum absolute atomic E-state index is 0.0103. The van der Waals surface area contributed by atoms with Crippen molar-refractivity contribution in [1.82, 2.24) is 5.32 Å². The Morgan fingerprint density at radius 1 is 1.26 bits per heavy atom. The van der Waals surface area contributed by atoms with Crippen molar-refractivity contribution in [3.63, 3.8) is 0 Å². The number of nitrogens with one attached hydrogen (secondary N) is 1. The second-order valence-corrected chi connectivity index (χ2v) is 6.04. The summed E-state index contributed by atoms with van der Waals surface area (Å²) in [6.07, 6.45) is 0.0103. The summed E-state index contributed by atoms with van der Waals surface area (Å²) in [6, 6.07) is 12.6. The Labute approximate surface area is 126 Å². The van der Waals surface area contributed by atoms with Gasteiger partial charge in [0.1, 0.15) is 6.10 Å². The van der Waals surface area contributed by atoms with Gasteiger partial charge in [-0.2, -0.15) is 0 Å². The van der Waals surface area contributed by atoms with E-state index in [4.69, 9.17) is 4.74 Å². The predicted octanol–water partition coefficient (Wildman–Crippen LogP) is 4.55. The summed E-state index contributed by atoms with van der Waals surface area (Å²) in [5, 5.41) is 5.63. The lowest BCUT2D eigenvalue weighted by Gasteiger charge is -2.27. The zero-order valence-electron chi connectivity index (χ0n) is 11.1. The van der Waals surface area contributed by atoms with Crippen LogP contribution in [0.5, 0.6) is 0 Å². The monoisotopic (exact) mass is 339 g/mol. The number of hydrogen-bond acceptors (Lipinski definition) is 3. The number of rotatable bonds is 6. The van der Waals surface area contributed by atoms with E-state index in [0.717, 1.165) is 11.0 Å². The predicted molar refractivity (Wildman–Crippen MR) is 84.6 cm³/mol. The Kier molecular flexibility index (Phi) is 5.58. The highest BCUT2D eigenvalue weighted by molar-refractivity contribution is 9.10. The summed E-state index contributed by atoms with van der Waals surface area (Å²) in [5.41, 5.74) is 1.19. The van der Waals surface area contributed by atoms with Gasteiger partial charge in [-0.15, -0.1) is 11.3 Å². The van der Waals surface area contributed by atoms with Crippen LogP contribution in [0.3, 0.4) is 0 Å². The maximum atomic E-state index is 5.75. The van der Waals surface area contributed by atoms with Crippen LogP contribution in [-0.4, -0.2) is 13.7 Å². The fraction of sp³-hybridized carbons (Fsp3) is 0.333. The maximum absolute atomic E-state index is 5.75. The highest BCUT2D eigenvalue weighted by atomic mass is 79.9. The van der Waals surface area contributed by atoms with Crippen LogP contribution >= 0.6 is 27.3 Å². The molecule has 0 spiro atoms. The molecule has 1 aromatic carbocycles. The lowest BCUT2D eigenvalue weighted by Crippen LogP contribution is -2.27. The molecule has 2 unspecified atom stereocenters. The molecule has 0 bridgehead atoms. The largest absolute Gasteiger partial charge is 0.375 e. The Balaban J connectivity index is 2.34. The second kappa shape index (κ2) is 7.20. The van der Waals surface area contributed by atoms with Crippen molar-refractivity contribution >= 4 is 27.3 Å². The van der Waals surface area contributed by atoms with Gasteiger partial charge in [-0.3, -0.25) is 0 Å². The summed E-state index contributed by atoms with van der Waals surface area (Å²) in [4.78, 5) is 1.28. The molecule has 1 N–H and O–H groups in total. The van der Waals surface area contributed by atoms with Gasteiger partial charge in [0.05, 0.1) is 6.04 Å². The van der Waals surface area contributed by atoms with E-state index < -0.39 is 0 Å². The minimum Gasteiger partial charge on any atom is -0.375 e. The average molecular weight is 340 g/mol. The van der Waals surface area contributed by atoms with Gasteiger partial charge >= 0.3 is 0 Å². The molecule has 4 heteroatoms. The molecule has 0 amide bonds. The molecule has 0 saturated carbocycles. The molecule has 2 nitrogen and oxygen atoms in total. The number of likely N-dealkylation sites (N-methyl/N-ethyl adjacent to an activating group) is 1. The smallest absolute Gasteiger partial charge is 0.102 e. The van der Waals surface area contributed by atoms with Gasteiger partial charge in [0, 0.05) is 16.5 Å². The highest BCUT2D eigenvalue weighted by Crippen LogP contribution is 2.38. The normalized spacial score (nSPS) is 14.3. The number of thiophene rings is 1. The summed E-state index contributed by atoms with van der Waals surface area (Å²) in [7, 11) is 1.77. The van der Waals surface area contributed by atoms with Crippen LogP contribution in [0.1, 0.15) is 29.5 Å². The van der Waals surface area contributed by atoms with Crippen LogP contribution in [0.25, 0.3) is 0 Å². The number of hydrogen-bond donors (Lipinski definition) is 1. The molecule has 0 radical (unpaired) electrons. The fourth-order valence-corrected chi connectivity index (χ4v) is 3.91. The van der Waals surface area contributed by atoms with Crippen molar-refractivity contribution in [2.75, 3.05) is 13.7 Å². The average Bonchev–Trinajstić information content (AvgIpc) is 2.86. The fourth-order valence-electron chi connectivity index (χ4n) is 2.19. The lowest BCUT2D eigenvalue weighted by atomic mass is 10.0. The summed E-state index contributed by atoms with van der Waals surface area (Å²) < 4.78 is 6.89. The first kappa shape index (κ1) is 14.7. The Hall–Kier alpha value is -0.680. The zero-order chi connectivity index (χ0) is 13.7. The van der Waals surface area contributed by atoms with E-state index in [0.29, 0.717) is 0 Å². The molecule has 2 rings (SSSR count). The molecule has 0 aliphatic rings. The van der Waals surface area contributed by atoms with Crippen LogP contribution in [0.2, 0.25) is 0 Å². The summed E-state index contributed by atoms with van der Waals surface area (Å²) in [6.45, 7) is 3.02. The first-order chi connectivity index (χ1) is 9.27. The van der Waals surface area contributed by atoms with Gasteiger partial charge in [-0.05, 0) is 39.5 Å². The third-order valence-corrected chi connectivity index (χ3v) is 4.99. The molecule has 0 fully saturated rings. The van der Waals surface area contributed by atoms with Gasteiger partial charge in [-0.1, -0.05) is 37.3 Å². The Morgan fingerprint density at radius 3 is 2.53 bits per heavy atom. The molecule has 2 aromatic rings. The van der Waals surface area contributed by atoms with Gasteiger partial charge < -0.3 is 10.1 Å². The lowest BCUT2D eigenvalue weighted by molar-refractivity contribution is 0.0690. The van der Waals surface area contributed by atoms with E-state index in [9.17, 15) is 0 Å². The quantitative estimate of drug-likeness (QED) is 0.833. The molecule has 1 aromatic heterocycles. The van der Waals surface area contributed by atoms with Gasteiger partial charge in [0.15, 0.2) is 0 Å². The van der Waals surface area contributed by atoms with E-state index in [1.54, 1.807) is 18.4 Å². The maximum Gasteiger partial charge on any atom is 0.102 e. The van der Waals surface area contributed by atoms with Crippen LogP contribution in [0.4, 0.5) is 0 Å². The van der Waals surface area contributed by atoms with Crippen molar-refractivity contribution in [1.29, 1.82) is 0 Å². The number of halogens is 1. The summed E-state index contributed by atoms with van der Waals surface area (Å²) in [5.74, 6) is 0. The number of ether oxygens (including phenoxy) is 1. The molecule has 2 atom stereocenters. The molecule has 102 valence electrons. The van der Waals surface area contributed by atoms with Crippen molar-refractivity contribution in [2.24, 2.45) is 0 Å². The third kappa shape index (κ3) is 3.45. The van der Waals surface area contributed by atoms with Gasteiger partial charge in [-0.25, -0.2) is 0 Å². The van der Waals surface area contributed by atoms with Crippen LogP contribution in [-0.2, 0) is 4.74 Å². The first-order valence-corrected chi connectivity index (χ1v) is 7.99. The molecule has 1 heterocycles. The van der Waals surface area contributed by atoms with Crippen molar-refractivity contribution in [3.8, 4) is 0 Å². The van der Waals surface area contributed by atoms with Gasteiger partial charge in [0.25, 0.3) is 0 Å². The SMILES string of the molecule is CCNC(c1sccc1Br)C(OC)c1ccccc1. The zero-order valence-corrected chi connectivity index (χ0v) is 13.5. The first-order valence-electron chi connectivity index (χ1n) is 6.32.